The van der Waals surface area contributed by atoms with Crippen molar-refractivity contribution in [2.24, 2.45) is 0 Å². The van der Waals surface area contributed by atoms with Crippen molar-refractivity contribution in [2.45, 2.75) is 19.8 Å². The smallest absolute Gasteiger partial charge is 0.246 e. The van der Waals surface area contributed by atoms with E-state index in [-0.39, 0.29) is 5.91 Å². The summed E-state index contributed by atoms with van der Waals surface area (Å²) in [5, 5.41) is 1.13. The number of rotatable bonds is 2. The Morgan fingerprint density at radius 1 is 1.20 bits per heavy atom. The highest BCUT2D eigenvalue weighted by Crippen LogP contribution is 2.15. The molecule has 0 unspecified atom stereocenters. The van der Waals surface area contributed by atoms with Gasteiger partial charge in [0.05, 0.1) is 11.2 Å². The summed E-state index contributed by atoms with van der Waals surface area (Å²) in [7, 11) is 0. The number of likely N-dealkylation sites (tertiary alicyclic amines) is 1. The van der Waals surface area contributed by atoms with E-state index in [2.05, 4.69) is 30.1 Å². The predicted molar refractivity (Wildman–Crippen MR) is 81.3 cm³/mol. The van der Waals surface area contributed by atoms with E-state index >= 15 is 0 Å². The summed E-state index contributed by atoms with van der Waals surface area (Å²) in [6.07, 6.45) is 5.67. The van der Waals surface area contributed by atoms with Crippen LogP contribution in [0.15, 0.2) is 36.4 Å². The van der Waals surface area contributed by atoms with Gasteiger partial charge < -0.3 is 4.90 Å². The Bertz CT molecular complexity index is 670. The Morgan fingerprint density at radius 3 is 2.80 bits per heavy atom. The maximum atomic E-state index is 11.9. The van der Waals surface area contributed by atoms with Crippen LogP contribution in [0.3, 0.4) is 0 Å². The molecule has 102 valence electrons. The first-order chi connectivity index (χ1) is 9.72. The van der Waals surface area contributed by atoms with Gasteiger partial charge in [0.15, 0.2) is 0 Å². The molecule has 0 radical (unpaired) electrons. The van der Waals surface area contributed by atoms with Crippen LogP contribution in [-0.2, 0) is 4.79 Å². The maximum Gasteiger partial charge on any atom is 0.246 e. The monoisotopic (exact) mass is 266 g/mol. The molecule has 1 fully saturated rings. The van der Waals surface area contributed by atoms with Gasteiger partial charge in [0.2, 0.25) is 5.91 Å². The molecule has 1 saturated heterocycles. The van der Waals surface area contributed by atoms with Crippen molar-refractivity contribution in [2.75, 3.05) is 13.1 Å². The number of aryl methyl sites for hydroxylation is 1. The maximum absolute atomic E-state index is 11.9. The Hall–Kier alpha value is -2.16. The molecule has 1 aromatic carbocycles. The highest BCUT2D eigenvalue weighted by molar-refractivity contribution is 5.92. The highest BCUT2D eigenvalue weighted by Gasteiger charge is 2.14. The SMILES string of the molecule is Cc1ccc2nc(/C=C/C(=O)N3CCCC3)ccc2c1. The molecule has 0 saturated carbocycles. The molecule has 1 aliphatic heterocycles. The van der Waals surface area contributed by atoms with Crippen LogP contribution < -0.4 is 0 Å². The van der Waals surface area contributed by atoms with Gasteiger partial charge in [0.1, 0.15) is 0 Å². The molecule has 0 N–H and O–H groups in total. The minimum absolute atomic E-state index is 0.0910. The van der Waals surface area contributed by atoms with Gasteiger partial charge in [-0.1, -0.05) is 17.7 Å². The predicted octanol–water partition coefficient (Wildman–Crippen LogP) is 3.18. The molecule has 0 spiro atoms. The van der Waals surface area contributed by atoms with E-state index in [0.717, 1.165) is 42.5 Å². The number of pyridine rings is 1. The number of carbonyl (C=O) groups is 1. The number of benzene rings is 1. The third-order valence-corrected chi connectivity index (χ3v) is 3.68. The lowest BCUT2D eigenvalue weighted by Gasteiger charge is -2.11. The van der Waals surface area contributed by atoms with Crippen molar-refractivity contribution >= 4 is 22.9 Å². The highest BCUT2D eigenvalue weighted by atomic mass is 16.2. The molecule has 1 aliphatic rings. The van der Waals surface area contributed by atoms with Gasteiger partial charge in [0, 0.05) is 24.6 Å². The van der Waals surface area contributed by atoms with E-state index in [1.165, 1.54) is 5.56 Å². The minimum Gasteiger partial charge on any atom is -0.339 e. The van der Waals surface area contributed by atoms with Crippen molar-refractivity contribution in [3.8, 4) is 0 Å². The second kappa shape index (κ2) is 5.45. The van der Waals surface area contributed by atoms with Crippen LogP contribution in [0.4, 0.5) is 0 Å². The van der Waals surface area contributed by atoms with Crippen LogP contribution in [0.25, 0.3) is 17.0 Å². The zero-order chi connectivity index (χ0) is 13.9. The zero-order valence-corrected chi connectivity index (χ0v) is 11.7. The molecular formula is C17H18N2O. The molecule has 3 heteroatoms. The quantitative estimate of drug-likeness (QED) is 0.782. The molecule has 2 aromatic rings. The van der Waals surface area contributed by atoms with Gasteiger partial charge in [-0.2, -0.15) is 0 Å². The summed E-state index contributed by atoms with van der Waals surface area (Å²) in [5.74, 6) is 0.0910. The van der Waals surface area contributed by atoms with Crippen LogP contribution in [0.1, 0.15) is 24.1 Å². The zero-order valence-electron chi connectivity index (χ0n) is 11.7. The average molecular weight is 266 g/mol. The summed E-state index contributed by atoms with van der Waals surface area (Å²) in [5.41, 5.74) is 3.02. The van der Waals surface area contributed by atoms with Crippen LogP contribution in [-0.4, -0.2) is 28.9 Å². The second-order valence-corrected chi connectivity index (χ2v) is 5.30. The molecule has 0 atom stereocenters. The molecular weight excluding hydrogens is 248 g/mol. The number of nitrogens with zero attached hydrogens (tertiary/aromatic N) is 2. The number of carbonyl (C=O) groups excluding carboxylic acids is 1. The fourth-order valence-corrected chi connectivity index (χ4v) is 2.55. The lowest BCUT2D eigenvalue weighted by molar-refractivity contribution is -0.124. The van der Waals surface area contributed by atoms with Crippen molar-refractivity contribution in [3.05, 3.63) is 47.7 Å². The normalized spacial score (nSPS) is 15.3. The minimum atomic E-state index is 0.0910. The van der Waals surface area contributed by atoms with E-state index in [9.17, 15) is 4.79 Å². The number of hydrogen-bond acceptors (Lipinski definition) is 2. The van der Waals surface area contributed by atoms with Crippen molar-refractivity contribution in [1.29, 1.82) is 0 Å². The number of fused-ring (bicyclic) bond motifs is 1. The topological polar surface area (TPSA) is 33.2 Å². The van der Waals surface area contributed by atoms with E-state index in [1.54, 1.807) is 12.2 Å². The van der Waals surface area contributed by atoms with Gasteiger partial charge in [-0.15, -0.1) is 0 Å². The van der Waals surface area contributed by atoms with Crippen LogP contribution in [0.2, 0.25) is 0 Å². The van der Waals surface area contributed by atoms with Crippen molar-refractivity contribution < 1.29 is 4.79 Å². The summed E-state index contributed by atoms with van der Waals surface area (Å²) in [4.78, 5) is 18.4. The summed E-state index contributed by atoms with van der Waals surface area (Å²) in [6, 6.07) is 10.2. The van der Waals surface area contributed by atoms with Crippen molar-refractivity contribution in [3.63, 3.8) is 0 Å². The average Bonchev–Trinajstić information content (AvgIpc) is 2.99. The number of hydrogen-bond donors (Lipinski definition) is 0. The third-order valence-electron chi connectivity index (χ3n) is 3.68. The van der Waals surface area contributed by atoms with Crippen LogP contribution >= 0.6 is 0 Å². The lowest BCUT2D eigenvalue weighted by atomic mass is 10.1. The molecule has 3 nitrogen and oxygen atoms in total. The van der Waals surface area contributed by atoms with Gasteiger partial charge in [-0.25, -0.2) is 4.98 Å². The molecule has 3 rings (SSSR count). The molecule has 1 amide bonds. The largest absolute Gasteiger partial charge is 0.339 e. The van der Waals surface area contributed by atoms with E-state index < -0.39 is 0 Å². The summed E-state index contributed by atoms with van der Waals surface area (Å²) >= 11 is 0. The van der Waals surface area contributed by atoms with E-state index in [1.807, 2.05) is 17.0 Å². The van der Waals surface area contributed by atoms with E-state index in [0.29, 0.717) is 0 Å². The lowest BCUT2D eigenvalue weighted by Crippen LogP contribution is -2.25. The fourth-order valence-electron chi connectivity index (χ4n) is 2.55. The molecule has 0 bridgehead atoms. The number of aromatic nitrogens is 1. The first kappa shape index (κ1) is 12.9. The van der Waals surface area contributed by atoms with Crippen LogP contribution in [0, 0.1) is 6.92 Å². The van der Waals surface area contributed by atoms with Crippen molar-refractivity contribution in [1.82, 2.24) is 9.88 Å². The Balaban J connectivity index is 1.80. The third kappa shape index (κ3) is 2.72. The Morgan fingerprint density at radius 2 is 2.00 bits per heavy atom. The summed E-state index contributed by atoms with van der Waals surface area (Å²) < 4.78 is 0. The molecule has 20 heavy (non-hydrogen) atoms. The molecule has 1 aromatic heterocycles. The van der Waals surface area contributed by atoms with Gasteiger partial charge in [-0.3, -0.25) is 4.79 Å². The number of amides is 1. The first-order valence-electron chi connectivity index (χ1n) is 7.07. The first-order valence-corrected chi connectivity index (χ1v) is 7.07. The van der Waals surface area contributed by atoms with Gasteiger partial charge in [-0.05, 0) is 44.0 Å². The molecule has 0 aliphatic carbocycles. The Labute approximate surface area is 118 Å². The molecule has 2 heterocycles. The van der Waals surface area contributed by atoms with Crippen LogP contribution in [0.5, 0.6) is 0 Å². The fraction of sp³-hybridized carbons (Fsp3) is 0.294. The summed E-state index contributed by atoms with van der Waals surface area (Å²) in [6.45, 7) is 3.84. The Kier molecular flexibility index (Phi) is 3.50. The second-order valence-electron chi connectivity index (χ2n) is 5.30. The standard InChI is InChI=1S/C17H18N2O/c1-13-4-8-16-14(12-13)5-6-15(18-16)7-9-17(20)19-10-2-3-11-19/h4-9,12H,2-3,10-11H2,1H3/b9-7+. The van der Waals surface area contributed by atoms with Gasteiger partial charge in [0.25, 0.3) is 0 Å². The van der Waals surface area contributed by atoms with E-state index in [4.69, 9.17) is 0 Å². The van der Waals surface area contributed by atoms with Gasteiger partial charge >= 0.3 is 0 Å².